The number of para-hydroxylation sites is 1. The molecule has 0 saturated carbocycles. The molecular weight excluding hydrogens is 236 g/mol. The van der Waals surface area contributed by atoms with Crippen LogP contribution >= 0.6 is 11.8 Å². The molecule has 1 aliphatic heterocycles. The molecule has 17 heavy (non-hydrogen) atoms. The molecule has 1 unspecified atom stereocenters. The summed E-state index contributed by atoms with van der Waals surface area (Å²) in [5.74, 6) is 0. The zero-order valence-corrected chi connectivity index (χ0v) is 10.5. The smallest absolute Gasteiger partial charge is 0.0988 e. The summed E-state index contributed by atoms with van der Waals surface area (Å²) < 4.78 is 7.64. The van der Waals surface area contributed by atoms with Gasteiger partial charge in [-0.15, -0.1) is 0 Å². The molecule has 90 valence electrons. The van der Waals surface area contributed by atoms with Gasteiger partial charge in [0.1, 0.15) is 0 Å². The minimum atomic E-state index is 0.0670. The van der Waals surface area contributed by atoms with Crippen LogP contribution < -0.4 is 0 Å². The second-order valence-corrected chi connectivity index (χ2v) is 4.92. The highest BCUT2D eigenvalue weighted by atomic mass is 35.5. The first-order valence-electron chi connectivity index (χ1n) is 5.85. The number of nitrogens with one attached hydrogen (secondary N) is 1. The number of benzene rings is 1. The van der Waals surface area contributed by atoms with Crippen molar-refractivity contribution in [1.29, 1.82) is 0 Å². The van der Waals surface area contributed by atoms with Crippen LogP contribution in [0.2, 0.25) is 0 Å². The van der Waals surface area contributed by atoms with Gasteiger partial charge in [0.25, 0.3) is 0 Å². The lowest BCUT2D eigenvalue weighted by Crippen LogP contribution is -2.32. The van der Waals surface area contributed by atoms with Crippen LogP contribution in [0.4, 0.5) is 0 Å². The molecule has 2 heterocycles. The fourth-order valence-electron chi connectivity index (χ4n) is 2.51. The van der Waals surface area contributed by atoms with Crippen LogP contribution in [0.3, 0.4) is 0 Å². The van der Waals surface area contributed by atoms with Gasteiger partial charge in [-0.3, -0.25) is 0 Å². The summed E-state index contributed by atoms with van der Waals surface area (Å²) in [4.78, 5) is 3.40. The zero-order valence-electron chi connectivity index (χ0n) is 9.74. The molecule has 1 aliphatic rings. The van der Waals surface area contributed by atoms with E-state index in [4.69, 9.17) is 16.5 Å². The third-order valence-corrected chi connectivity index (χ3v) is 3.59. The summed E-state index contributed by atoms with van der Waals surface area (Å²) in [6, 6.07) is 8.32. The predicted octanol–water partition coefficient (Wildman–Crippen LogP) is 3.00. The number of halogens is 1. The molecule has 0 radical (unpaired) electrons. The number of hydrogen-bond donors (Lipinski definition) is 1. The number of aromatic nitrogens is 1. The number of hydrogen-bond acceptors (Lipinski definition) is 2. The van der Waals surface area contributed by atoms with E-state index in [1.807, 2.05) is 6.07 Å². The Labute approximate surface area is 105 Å². The van der Waals surface area contributed by atoms with Gasteiger partial charge in [0.05, 0.1) is 12.7 Å². The molecule has 0 amide bonds. The Morgan fingerprint density at radius 2 is 2.24 bits per heavy atom. The number of aromatic amines is 1. The highest BCUT2D eigenvalue weighted by Gasteiger charge is 2.25. The summed E-state index contributed by atoms with van der Waals surface area (Å²) >= 11 is 6.07. The Kier molecular flexibility index (Phi) is 2.82. The molecule has 3 nitrogen and oxygen atoms in total. The molecule has 1 N–H and O–H groups in total. The molecule has 3 rings (SSSR count). The molecule has 2 aromatic rings. The number of ether oxygens (including phenoxy) is 1. The number of fused-ring (bicyclic) bond motifs is 1. The number of H-pyrrole nitrogens is 1. The van der Waals surface area contributed by atoms with Crippen molar-refractivity contribution in [3.8, 4) is 0 Å². The van der Waals surface area contributed by atoms with Crippen LogP contribution in [0.25, 0.3) is 10.9 Å². The summed E-state index contributed by atoms with van der Waals surface area (Å²) in [7, 11) is 0. The fraction of sp³-hybridized carbons (Fsp3) is 0.385. The predicted molar refractivity (Wildman–Crippen MR) is 69.2 cm³/mol. The number of morpholine rings is 1. The maximum Gasteiger partial charge on any atom is 0.0988 e. The Morgan fingerprint density at radius 1 is 1.41 bits per heavy atom. The lowest BCUT2D eigenvalue weighted by Gasteiger charge is -2.28. The summed E-state index contributed by atoms with van der Waals surface area (Å²) in [5, 5.41) is 1.24. The van der Waals surface area contributed by atoms with Crippen LogP contribution in [0.15, 0.2) is 24.3 Å². The van der Waals surface area contributed by atoms with E-state index in [-0.39, 0.29) is 6.10 Å². The van der Waals surface area contributed by atoms with Gasteiger partial charge < -0.3 is 9.72 Å². The van der Waals surface area contributed by atoms with Gasteiger partial charge in [-0.25, -0.2) is 4.42 Å². The number of rotatable bonds is 1. The van der Waals surface area contributed by atoms with Crippen molar-refractivity contribution in [3.05, 3.63) is 35.5 Å². The van der Waals surface area contributed by atoms with E-state index in [0.29, 0.717) is 6.61 Å². The molecule has 4 heteroatoms. The van der Waals surface area contributed by atoms with E-state index in [9.17, 15) is 0 Å². The van der Waals surface area contributed by atoms with Crippen molar-refractivity contribution in [2.45, 2.75) is 13.0 Å². The lowest BCUT2D eigenvalue weighted by atomic mass is 10.0. The quantitative estimate of drug-likeness (QED) is 0.788. The van der Waals surface area contributed by atoms with Gasteiger partial charge in [0.2, 0.25) is 0 Å². The highest BCUT2D eigenvalue weighted by molar-refractivity contribution is 6.13. The standard InChI is InChI=1S/C13H15ClN2O/c1-9-13(12-8-16(14)6-7-17-12)10-4-2-3-5-11(10)15-9/h2-5,12,15H,6-8H2,1H3. The first-order valence-corrected chi connectivity index (χ1v) is 6.19. The third-order valence-electron chi connectivity index (χ3n) is 3.28. The fourth-order valence-corrected chi connectivity index (χ4v) is 2.70. The molecule has 1 saturated heterocycles. The van der Waals surface area contributed by atoms with Crippen LogP contribution in [0.5, 0.6) is 0 Å². The monoisotopic (exact) mass is 250 g/mol. The second-order valence-electron chi connectivity index (χ2n) is 4.44. The Hall–Kier alpha value is -1.03. The van der Waals surface area contributed by atoms with Gasteiger partial charge >= 0.3 is 0 Å². The number of aryl methyl sites for hydroxylation is 1. The lowest BCUT2D eigenvalue weighted by molar-refractivity contribution is -0.00147. The van der Waals surface area contributed by atoms with E-state index >= 15 is 0 Å². The van der Waals surface area contributed by atoms with Crippen molar-refractivity contribution in [1.82, 2.24) is 9.40 Å². The largest absolute Gasteiger partial charge is 0.371 e. The van der Waals surface area contributed by atoms with Gasteiger partial charge in [-0.2, -0.15) is 0 Å². The summed E-state index contributed by atoms with van der Waals surface area (Å²) in [6.45, 7) is 4.31. The minimum absolute atomic E-state index is 0.0670. The van der Waals surface area contributed by atoms with Crippen LogP contribution in [0, 0.1) is 6.92 Å². The van der Waals surface area contributed by atoms with Crippen molar-refractivity contribution in [3.63, 3.8) is 0 Å². The molecule has 1 atom stereocenters. The first-order chi connectivity index (χ1) is 8.25. The summed E-state index contributed by atoms with van der Waals surface area (Å²) in [6.07, 6.45) is 0.0670. The molecule has 0 spiro atoms. The Morgan fingerprint density at radius 3 is 3.06 bits per heavy atom. The SMILES string of the molecule is Cc1[nH]c2ccccc2c1C1CN(Cl)CCO1. The van der Waals surface area contributed by atoms with Gasteiger partial charge in [-0.1, -0.05) is 18.2 Å². The molecule has 1 aromatic heterocycles. The normalized spacial score (nSPS) is 22.1. The summed E-state index contributed by atoms with van der Waals surface area (Å²) in [5.41, 5.74) is 3.57. The average Bonchev–Trinajstić information content (AvgIpc) is 2.64. The van der Waals surface area contributed by atoms with E-state index in [1.165, 1.54) is 16.6 Å². The van der Waals surface area contributed by atoms with Gasteiger partial charge in [-0.05, 0) is 24.8 Å². The molecule has 0 aliphatic carbocycles. The van der Waals surface area contributed by atoms with E-state index in [2.05, 4.69) is 30.1 Å². The van der Waals surface area contributed by atoms with E-state index in [1.54, 1.807) is 4.42 Å². The van der Waals surface area contributed by atoms with Crippen LogP contribution in [0.1, 0.15) is 17.4 Å². The molecule has 1 aromatic carbocycles. The number of nitrogens with zero attached hydrogens (tertiary/aromatic N) is 1. The molecular formula is C13H15ClN2O. The first kappa shape index (κ1) is 11.1. The average molecular weight is 251 g/mol. The second kappa shape index (κ2) is 4.33. The maximum absolute atomic E-state index is 6.07. The third kappa shape index (κ3) is 1.95. The van der Waals surface area contributed by atoms with Crippen molar-refractivity contribution in [2.75, 3.05) is 19.7 Å². The van der Waals surface area contributed by atoms with Crippen molar-refractivity contribution >= 4 is 22.7 Å². The van der Waals surface area contributed by atoms with Crippen molar-refractivity contribution < 1.29 is 4.74 Å². The van der Waals surface area contributed by atoms with Crippen LogP contribution in [-0.2, 0) is 4.74 Å². The Balaban J connectivity index is 2.06. The van der Waals surface area contributed by atoms with Gasteiger partial charge in [0.15, 0.2) is 0 Å². The minimum Gasteiger partial charge on any atom is -0.371 e. The van der Waals surface area contributed by atoms with Gasteiger partial charge in [0, 0.05) is 35.2 Å². The highest BCUT2D eigenvalue weighted by Crippen LogP contribution is 2.32. The maximum atomic E-state index is 6.07. The van der Waals surface area contributed by atoms with E-state index < -0.39 is 0 Å². The topological polar surface area (TPSA) is 28.3 Å². The zero-order chi connectivity index (χ0) is 11.8. The Bertz CT molecular complexity index is 537. The van der Waals surface area contributed by atoms with E-state index in [0.717, 1.165) is 18.6 Å². The molecule has 1 fully saturated rings. The van der Waals surface area contributed by atoms with Crippen molar-refractivity contribution in [2.24, 2.45) is 0 Å². The molecule has 0 bridgehead atoms. The van der Waals surface area contributed by atoms with Crippen LogP contribution in [-0.4, -0.2) is 29.1 Å².